The third-order valence-electron chi connectivity index (χ3n) is 9.41. The van der Waals surface area contributed by atoms with Gasteiger partial charge in [0.25, 0.3) is 0 Å². The lowest BCUT2D eigenvalue weighted by Crippen LogP contribution is -2.10. The highest BCUT2D eigenvalue weighted by Gasteiger charge is 2.13. The SMILES string of the molecule is C=C(C)C(=O)OCCCCCCc1ccc(N(c2ccc(CCCCCCOC(=O)C(=C)C)cc2)c2ccc(CCCCCCOC(=O)C(=C)C)cc2)cc1. The van der Waals surface area contributed by atoms with E-state index in [9.17, 15) is 14.4 Å². The van der Waals surface area contributed by atoms with Crippen molar-refractivity contribution in [2.45, 2.75) is 117 Å². The fraction of sp³-hybridized carbons (Fsp3) is 0.438. The van der Waals surface area contributed by atoms with Crippen molar-refractivity contribution < 1.29 is 28.6 Å². The van der Waals surface area contributed by atoms with Crippen molar-refractivity contribution in [1.29, 1.82) is 0 Å². The number of hydrogen-bond donors (Lipinski definition) is 0. The number of ether oxygens (including phenoxy) is 3. The Bertz CT molecular complexity index is 1460. The Balaban J connectivity index is 1.58. The molecule has 0 N–H and O–H groups in total. The summed E-state index contributed by atoms with van der Waals surface area (Å²) in [6.45, 7) is 17.2. The molecule has 0 aliphatic rings. The number of benzene rings is 3. The molecule has 0 amide bonds. The van der Waals surface area contributed by atoms with Gasteiger partial charge in [-0.25, -0.2) is 14.4 Å². The minimum absolute atomic E-state index is 0.311. The lowest BCUT2D eigenvalue weighted by atomic mass is 10.0. The summed E-state index contributed by atoms with van der Waals surface area (Å²) in [5, 5.41) is 0. The number of unbranched alkanes of at least 4 members (excludes halogenated alkanes) is 9. The molecule has 55 heavy (non-hydrogen) atoms. The maximum atomic E-state index is 11.6. The van der Waals surface area contributed by atoms with Crippen LogP contribution in [0.4, 0.5) is 17.1 Å². The van der Waals surface area contributed by atoms with Gasteiger partial charge in [0.1, 0.15) is 0 Å². The summed E-state index contributed by atoms with van der Waals surface area (Å²) >= 11 is 0. The van der Waals surface area contributed by atoms with E-state index < -0.39 is 0 Å². The van der Waals surface area contributed by atoms with Gasteiger partial charge in [-0.2, -0.15) is 0 Å². The van der Waals surface area contributed by atoms with E-state index in [0.29, 0.717) is 36.5 Å². The first kappa shape index (κ1) is 44.5. The highest BCUT2D eigenvalue weighted by molar-refractivity contribution is 5.87. The van der Waals surface area contributed by atoms with Gasteiger partial charge in [0.05, 0.1) is 19.8 Å². The Labute approximate surface area is 330 Å². The van der Waals surface area contributed by atoms with Crippen LogP contribution >= 0.6 is 0 Å². The van der Waals surface area contributed by atoms with Gasteiger partial charge in [-0.05, 0) is 132 Å². The summed E-state index contributed by atoms with van der Waals surface area (Å²) in [6.07, 6.45) is 15.3. The van der Waals surface area contributed by atoms with Gasteiger partial charge in [0.15, 0.2) is 0 Å². The molecule has 7 heteroatoms. The number of nitrogens with zero attached hydrogens (tertiary/aromatic N) is 1. The zero-order valence-electron chi connectivity index (χ0n) is 33.7. The Morgan fingerprint density at radius 2 is 0.636 bits per heavy atom. The van der Waals surface area contributed by atoms with E-state index in [1.165, 1.54) is 16.7 Å². The smallest absolute Gasteiger partial charge is 0.333 e. The maximum absolute atomic E-state index is 11.6. The van der Waals surface area contributed by atoms with Crippen molar-refractivity contribution in [2.75, 3.05) is 24.7 Å². The standard InChI is InChI=1S/C48H63NO6/c1-37(2)46(50)53-34-16-10-7-13-19-40-22-28-43(29-23-40)49(44-30-24-41(25-31-44)20-14-8-11-17-35-54-47(51)38(3)4)45-32-26-42(27-33-45)21-15-9-12-18-36-55-48(52)39(5)6/h22-33H,1,3,5,7-21,34-36H2,2,4,6H3. The third-order valence-corrected chi connectivity index (χ3v) is 9.41. The summed E-state index contributed by atoms with van der Waals surface area (Å²) in [4.78, 5) is 37.0. The summed E-state index contributed by atoms with van der Waals surface area (Å²) in [5.74, 6) is -0.933. The van der Waals surface area contributed by atoms with Gasteiger partial charge in [-0.15, -0.1) is 0 Å². The van der Waals surface area contributed by atoms with Gasteiger partial charge in [0, 0.05) is 33.8 Å². The number of carbonyl (C=O) groups is 3. The summed E-state index contributed by atoms with van der Waals surface area (Å²) in [5.41, 5.74) is 8.60. The Morgan fingerprint density at radius 3 is 0.873 bits per heavy atom. The van der Waals surface area contributed by atoms with Crippen molar-refractivity contribution in [2.24, 2.45) is 0 Å². The van der Waals surface area contributed by atoms with Crippen LogP contribution in [0.25, 0.3) is 0 Å². The number of aryl methyl sites for hydroxylation is 3. The van der Waals surface area contributed by atoms with Crippen LogP contribution in [0.2, 0.25) is 0 Å². The molecule has 0 fully saturated rings. The van der Waals surface area contributed by atoms with Gasteiger partial charge in [-0.1, -0.05) is 94.7 Å². The minimum Gasteiger partial charge on any atom is -0.462 e. The molecular weight excluding hydrogens is 687 g/mol. The molecular formula is C48H63NO6. The number of carbonyl (C=O) groups excluding carboxylic acids is 3. The molecule has 0 aromatic heterocycles. The minimum atomic E-state index is -0.311. The zero-order chi connectivity index (χ0) is 39.8. The first-order valence-corrected chi connectivity index (χ1v) is 20.1. The molecule has 0 bridgehead atoms. The van der Waals surface area contributed by atoms with Crippen LogP contribution in [0.5, 0.6) is 0 Å². The second kappa shape index (κ2) is 25.2. The predicted molar refractivity (Wildman–Crippen MR) is 225 cm³/mol. The second-order valence-electron chi connectivity index (χ2n) is 14.6. The molecule has 0 radical (unpaired) electrons. The Morgan fingerprint density at radius 1 is 0.400 bits per heavy atom. The van der Waals surface area contributed by atoms with E-state index in [-0.39, 0.29) is 17.9 Å². The molecule has 3 rings (SSSR count). The third kappa shape index (κ3) is 17.4. The van der Waals surface area contributed by atoms with E-state index in [0.717, 1.165) is 113 Å². The molecule has 0 unspecified atom stereocenters. The molecule has 0 saturated carbocycles. The van der Waals surface area contributed by atoms with Crippen molar-refractivity contribution in [3.8, 4) is 0 Å². The highest BCUT2D eigenvalue weighted by Crippen LogP contribution is 2.35. The normalized spacial score (nSPS) is 10.7. The molecule has 3 aromatic carbocycles. The van der Waals surface area contributed by atoms with Crippen LogP contribution < -0.4 is 4.90 Å². The van der Waals surface area contributed by atoms with Crippen LogP contribution in [-0.2, 0) is 47.9 Å². The van der Waals surface area contributed by atoms with E-state index in [2.05, 4.69) is 97.4 Å². The van der Waals surface area contributed by atoms with Crippen LogP contribution in [0, 0.1) is 0 Å². The molecule has 0 heterocycles. The van der Waals surface area contributed by atoms with E-state index in [4.69, 9.17) is 14.2 Å². The van der Waals surface area contributed by atoms with Crippen LogP contribution in [-0.4, -0.2) is 37.7 Å². The topological polar surface area (TPSA) is 82.1 Å². The predicted octanol–water partition coefficient (Wildman–Crippen LogP) is 11.8. The van der Waals surface area contributed by atoms with Crippen molar-refractivity contribution in [3.63, 3.8) is 0 Å². The van der Waals surface area contributed by atoms with E-state index in [1.807, 2.05) is 0 Å². The number of esters is 3. The lowest BCUT2D eigenvalue weighted by Gasteiger charge is -2.26. The van der Waals surface area contributed by atoms with Gasteiger partial charge in [-0.3, -0.25) is 0 Å². The molecule has 3 aromatic rings. The first-order valence-electron chi connectivity index (χ1n) is 20.1. The fourth-order valence-electron chi connectivity index (χ4n) is 6.10. The second-order valence-corrected chi connectivity index (χ2v) is 14.6. The number of hydrogen-bond acceptors (Lipinski definition) is 7. The molecule has 0 aliphatic carbocycles. The largest absolute Gasteiger partial charge is 0.462 e. The molecule has 0 atom stereocenters. The first-order chi connectivity index (χ1) is 26.5. The Hall–Kier alpha value is -4.91. The molecule has 0 spiro atoms. The summed E-state index contributed by atoms with van der Waals surface area (Å²) in [6, 6.07) is 26.7. The van der Waals surface area contributed by atoms with Crippen molar-refractivity contribution >= 4 is 35.0 Å². The summed E-state index contributed by atoms with van der Waals surface area (Å²) in [7, 11) is 0. The average molecular weight is 750 g/mol. The fourth-order valence-corrected chi connectivity index (χ4v) is 6.10. The molecule has 7 nitrogen and oxygen atoms in total. The highest BCUT2D eigenvalue weighted by atomic mass is 16.5. The van der Waals surface area contributed by atoms with E-state index >= 15 is 0 Å². The van der Waals surface area contributed by atoms with Crippen LogP contribution in [0.1, 0.15) is 115 Å². The summed E-state index contributed by atoms with van der Waals surface area (Å²) < 4.78 is 15.6. The number of rotatable bonds is 27. The molecule has 296 valence electrons. The zero-order valence-corrected chi connectivity index (χ0v) is 33.7. The van der Waals surface area contributed by atoms with Crippen molar-refractivity contribution in [1.82, 2.24) is 0 Å². The maximum Gasteiger partial charge on any atom is 0.333 e. The van der Waals surface area contributed by atoms with Gasteiger partial charge >= 0.3 is 17.9 Å². The average Bonchev–Trinajstić information content (AvgIpc) is 3.18. The monoisotopic (exact) mass is 749 g/mol. The molecule has 0 aliphatic heterocycles. The van der Waals surface area contributed by atoms with Gasteiger partial charge in [0.2, 0.25) is 0 Å². The number of anilines is 3. The lowest BCUT2D eigenvalue weighted by molar-refractivity contribution is -0.139. The molecule has 0 saturated heterocycles. The van der Waals surface area contributed by atoms with Crippen LogP contribution in [0.3, 0.4) is 0 Å². The van der Waals surface area contributed by atoms with Crippen LogP contribution in [0.15, 0.2) is 109 Å². The van der Waals surface area contributed by atoms with Crippen molar-refractivity contribution in [3.05, 3.63) is 126 Å². The Kier molecular flexibility index (Phi) is 20.4. The van der Waals surface area contributed by atoms with E-state index in [1.54, 1.807) is 20.8 Å². The quantitative estimate of drug-likeness (QED) is 0.0332. The van der Waals surface area contributed by atoms with Gasteiger partial charge < -0.3 is 19.1 Å².